The molecule has 2 aliphatic rings. The highest BCUT2D eigenvalue weighted by molar-refractivity contribution is 5.79. The molecule has 0 aromatic heterocycles. The molecular formula is C14H27N3O. The third-order valence-electron chi connectivity index (χ3n) is 4.34. The molecular weight excluding hydrogens is 226 g/mol. The van der Waals surface area contributed by atoms with Crippen LogP contribution < -0.4 is 5.32 Å². The first-order valence-corrected chi connectivity index (χ1v) is 7.38. The van der Waals surface area contributed by atoms with Gasteiger partial charge in [-0.3, -0.25) is 9.69 Å². The van der Waals surface area contributed by atoms with E-state index in [0.717, 1.165) is 26.2 Å². The lowest BCUT2D eigenvalue weighted by Gasteiger charge is -2.43. The fourth-order valence-electron chi connectivity index (χ4n) is 3.23. The minimum atomic E-state index is 0.0975. The summed E-state index contributed by atoms with van der Waals surface area (Å²) in [5.41, 5.74) is 0. The van der Waals surface area contributed by atoms with Gasteiger partial charge in [0.05, 0.1) is 0 Å². The van der Waals surface area contributed by atoms with E-state index < -0.39 is 0 Å². The maximum absolute atomic E-state index is 12.5. The van der Waals surface area contributed by atoms with Crippen LogP contribution in [0.25, 0.3) is 0 Å². The highest BCUT2D eigenvalue weighted by atomic mass is 16.2. The van der Waals surface area contributed by atoms with E-state index in [0.29, 0.717) is 18.0 Å². The predicted molar refractivity (Wildman–Crippen MR) is 73.5 cm³/mol. The summed E-state index contributed by atoms with van der Waals surface area (Å²) in [6.45, 7) is 11.3. The van der Waals surface area contributed by atoms with Gasteiger partial charge in [0.1, 0.15) is 0 Å². The van der Waals surface area contributed by atoms with Crippen molar-refractivity contribution in [3.05, 3.63) is 0 Å². The summed E-state index contributed by atoms with van der Waals surface area (Å²) < 4.78 is 0. The van der Waals surface area contributed by atoms with Crippen molar-refractivity contribution in [3.8, 4) is 0 Å². The van der Waals surface area contributed by atoms with Gasteiger partial charge in [-0.2, -0.15) is 0 Å². The number of rotatable bonds is 4. The zero-order valence-electron chi connectivity index (χ0n) is 12.0. The van der Waals surface area contributed by atoms with Crippen LogP contribution in [0, 0.1) is 5.92 Å². The van der Waals surface area contributed by atoms with E-state index in [1.165, 1.54) is 19.4 Å². The number of hydrogen-bond acceptors (Lipinski definition) is 3. The van der Waals surface area contributed by atoms with Crippen LogP contribution in [0.4, 0.5) is 0 Å². The summed E-state index contributed by atoms with van der Waals surface area (Å²) in [6.07, 6.45) is 2.56. The van der Waals surface area contributed by atoms with E-state index >= 15 is 0 Å². The van der Waals surface area contributed by atoms with Gasteiger partial charge in [-0.1, -0.05) is 13.8 Å². The van der Waals surface area contributed by atoms with Crippen molar-refractivity contribution in [2.75, 3.05) is 32.7 Å². The fraction of sp³-hybridized carbons (Fsp3) is 0.929. The second-order valence-electron chi connectivity index (χ2n) is 5.84. The Morgan fingerprint density at radius 3 is 2.94 bits per heavy atom. The van der Waals surface area contributed by atoms with Crippen molar-refractivity contribution in [2.24, 2.45) is 5.92 Å². The molecule has 0 aromatic rings. The van der Waals surface area contributed by atoms with Crippen molar-refractivity contribution in [1.82, 2.24) is 15.1 Å². The molecule has 0 spiro atoms. The Balaban J connectivity index is 1.92. The lowest BCUT2D eigenvalue weighted by Crippen LogP contribution is -2.58. The molecule has 1 amide bonds. The fourth-order valence-corrected chi connectivity index (χ4v) is 3.23. The Morgan fingerprint density at radius 1 is 1.44 bits per heavy atom. The average Bonchev–Trinajstić information content (AvgIpc) is 2.81. The highest BCUT2D eigenvalue weighted by Crippen LogP contribution is 2.25. The summed E-state index contributed by atoms with van der Waals surface area (Å²) in [6, 6.07) is 0.993. The van der Waals surface area contributed by atoms with Crippen molar-refractivity contribution in [2.45, 2.75) is 45.7 Å². The molecule has 3 atom stereocenters. The standard InChI is InChI=1S/C14H27N3O/c1-4-15-8-11(2)14(18)17-10-13-6-5-7-16(13)9-12(17)3/h11-13,15H,4-10H2,1-3H3. The predicted octanol–water partition coefficient (Wildman–Crippen LogP) is 0.927. The maximum atomic E-state index is 12.5. The van der Waals surface area contributed by atoms with E-state index in [2.05, 4.69) is 29.0 Å². The largest absolute Gasteiger partial charge is 0.337 e. The number of carbonyl (C=O) groups excluding carboxylic acids is 1. The average molecular weight is 253 g/mol. The number of hydrogen-bond donors (Lipinski definition) is 1. The zero-order chi connectivity index (χ0) is 13.1. The van der Waals surface area contributed by atoms with Gasteiger partial charge >= 0.3 is 0 Å². The topological polar surface area (TPSA) is 35.6 Å². The Bertz CT molecular complexity index is 295. The summed E-state index contributed by atoms with van der Waals surface area (Å²) in [5, 5.41) is 3.27. The van der Waals surface area contributed by atoms with Crippen molar-refractivity contribution in [1.29, 1.82) is 0 Å². The molecule has 2 saturated heterocycles. The summed E-state index contributed by atoms with van der Waals surface area (Å²) in [5.74, 6) is 0.426. The molecule has 2 heterocycles. The molecule has 0 saturated carbocycles. The highest BCUT2D eigenvalue weighted by Gasteiger charge is 2.37. The minimum Gasteiger partial charge on any atom is -0.337 e. The smallest absolute Gasteiger partial charge is 0.227 e. The quantitative estimate of drug-likeness (QED) is 0.809. The molecule has 0 bridgehead atoms. The normalized spacial score (nSPS) is 30.3. The summed E-state index contributed by atoms with van der Waals surface area (Å²) >= 11 is 0. The summed E-state index contributed by atoms with van der Waals surface area (Å²) in [4.78, 5) is 17.1. The van der Waals surface area contributed by atoms with Crippen LogP contribution in [-0.4, -0.2) is 60.5 Å². The number of piperazine rings is 1. The van der Waals surface area contributed by atoms with Crippen LogP contribution in [0.5, 0.6) is 0 Å². The molecule has 2 aliphatic heterocycles. The van der Waals surface area contributed by atoms with Crippen LogP contribution in [0.15, 0.2) is 0 Å². The van der Waals surface area contributed by atoms with Gasteiger partial charge in [-0.05, 0) is 32.9 Å². The second-order valence-corrected chi connectivity index (χ2v) is 5.84. The Hall–Kier alpha value is -0.610. The maximum Gasteiger partial charge on any atom is 0.227 e. The molecule has 104 valence electrons. The van der Waals surface area contributed by atoms with E-state index in [9.17, 15) is 4.79 Å². The van der Waals surface area contributed by atoms with Gasteiger partial charge in [0.15, 0.2) is 0 Å². The molecule has 0 radical (unpaired) electrons. The van der Waals surface area contributed by atoms with Gasteiger partial charge in [-0.15, -0.1) is 0 Å². The van der Waals surface area contributed by atoms with Gasteiger partial charge in [0.25, 0.3) is 0 Å². The number of carbonyl (C=O) groups is 1. The number of fused-ring (bicyclic) bond motifs is 1. The lowest BCUT2D eigenvalue weighted by atomic mass is 10.0. The third kappa shape index (κ3) is 2.86. The summed E-state index contributed by atoms with van der Waals surface area (Å²) in [7, 11) is 0. The van der Waals surface area contributed by atoms with Crippen molar-refractivity contribution >= 4 is 5.91 Å². The molecule has 1 N–H and O–H groups in total. The molecule has 18 heavy (non-hydrogen) atoms. The van der Waals surface area contributed by atoms with Crippen LogP contribution >= 0.6 is 0 Å². The first-order chi connectivity index (χ1) is 8.63. The van der Waals surface area contributed by atoms with Crippen LogP contribution in [0.3, 0.4) is 0 Å². The molecule has 3 unspecified atom stereocenters. The van der Waals surface area contributed by atoms with Gasteiger partial charge in [0.2, 0.25) is 5.91 Å². The zero-order valence-corrected chi connectivity index (χ0v) is 12.0. The Kier molecular flexibility index (Phi) is 4.62. The van der Waals surface area contributed by atoms with Crippen molar-refractivity contribution < 1.29 is 4.79 Å². The molecule has 2 fully saturated rings. The van der Waals surface area contributed by atoms with E-state index in [1.54, 1.807) is 0 Å². The Labute approximate surface area is 111 Å². The molecule has 4 heteroatoms. The number of nitrogens with one attached hydrogen (secondary N) is 1. The third-order valence-corrected chi connectivity index (χ3v) is 4.34. The molecule has 4 nitrogen and oxygen atoms in total. The lowest BCUT2D eigenvalue weighted by molar-refractivity contribution is -0.140. The van der Waals surface area contributed by atoms with Gasteiger partial charge in [0, 0.05) is 37.6 Å². The monoisotopic (exact) mass is 253 g/mol. The van der Waals surface area contributed by atoms with E-state index in [1.807, 2.05) is 6.92 Å². The van der Waals surface area contributed by atoms with Gasteiger partial charge < -0.3 is 10.2 Å². The molecule has 2 rings (SSSR count). The van der Waals surface area contributed by atoms with Crippen molar-refractivity contribution in [3.63, 3.8) is 0 Å². The van der Waals surface area contributed by atoms with Crippen LogP contribution in [-0.2, 0) is 4.79 Å². The van der Waals surface area contributed by atoms with Gasteiger partial charge in [-0.25, -0.2) is 0 Å². The molecule has 0 aromatic carbocycles. The Morgan fingerprint density at radius 2 is 2.22 bits per heavy atom. The van der Waals surface area contributed by atoms with E-state index in [-0.39, 0.29) is 5.92 Å². The second kappa shape index (κ2) is 6.02. The first kappa shape index (κ1) is 13.8. The first-order valence-electron chi connectivity index (χ1n) is 7.38. The van der Waals surface area contributed by atoms with E-state index in [4.69, 9.17) is 0 Å². The SMILES string of the molecule is CCNCC(C)C(=O)N1CC2CCCN2CC1C. The number of amides is 1. The number of nitrogens with zero attached hydrogens (tertiary/aromatic N) is 2. The minimum absolute atomic E-state index is 0.0975. The van der Waals surface area contributed by atoms with Crippen LogP contribution in [0.2, 0.25) is 0 Å². The molecule has 0 aliphatic carbocycles. The van der Waals surface area contributed by atoms with Crippen LogP contribution in [0.1, 0.15) is 33.6 Å².